The molecule has 0 radical (unpaired) electrons. The number of ether oxygens (including phenoxy) is 2. The van der Waals surface area contributed by atoms with E-state index in [0.29, 0.717) is 0 Å². The number of aromatic nitrogens is 3. The number of rotatable bonds is 3. The lowest BCUT2D eigenvalue weighted by molar-refractivity contribution is -0.281. The zero-order valence-electron chi connectivity index (χ0n) is 8.43. The number of hydrogen-bond donors (Lipinski definition) is 1. The molecule has 0 aromatic carbocycles. The molecule has 1 N–H and O–H groups in total. The van der Waals surface area contributed by atoms with E-state index in [4.69, 9.17) is 0 Å². The average Bonchev–Trinajstić information content (AvgIpc) is 2.11. The quantitative estimate of drug-likeness (QED) is 0.849. The van der Waals surface area contributed by atoms with Gasteiger partial charge in [0.2, 0.25) is 5.95 Å². The van der Waals surface area contributed by atoms with Crippen molar-refractivity contribution >= 4 is 5.95 Å². The highest BCUT2D eigenvalue weighted by Crippen LogP contribution is 2.24. The lowest BCUT2D eigenvalue weighted by Crippen LogP contribution is -2.22. The molecular formula is C6H4F6N4O2. The van der Waals surface area contributed by atoms with Crippen LogP contribution in [0.1, 0.15) is 0 Å². The molecule has 0 aliphatic rings. The van der Waals surface area contributed by atoms with Gasteiger partial charge in [-0.25, -0.2) is 0 Å². The highest BCUT2D eigenvalue weighted by atomic mass is 19.4. The third kappa shape index (κ3) is 4.88. The van der Waals surface area contributed by atoms with Gasteiger partial charge in [-0.2, -0.15) is 9.97 Å². The molecule has 1 rings (SSSR count). The molecule has 102 valence electrons. The van der Waals surface area contributed by atoms with Crippen LogP contribution in [0.2, 0.25) is 0 Å². The number of nitrogens with one attached hydrogen (secondary N) is 1. The van der Waals surface area contributed by atoms with Crippen LogP contribution in [0.3, 0.4) is 0 Å². The minimum absolute atomic E-state index is 0.580. The van der Waals surface area contributed by atoms with Crippen LogP contribution in [-0.4, -0.2) is 34.7 Å². The van der Waals surface area contributed by atoms with E-state index >= 15 is 0 Å². The topological polar surface area (TPSA) is 69.2 Å². The van der Waals surface area contributed by atoms with Crippen molar-refractivity contribution < 1.29 is 35.8 Å². The molecule has 0 saturated heterocycles. The van der Waals surface area contributed by atoms with Gasteiger partial charge >= 0.3 is 24.7 Å². The van der Waals surface area contributed by atoms with Crippen LogP contribution >= 0.6 is 0 Å². The molecule has 1 heterocycles. The van der Waals surface area contributed by atoms with Crippen molar-refractivity contribution in [1.29, 1.82) is 0 Å². The maximum atomic E-state index is 11.8. The molecule has 1 aromatic heterocycles. The zero-order chi connectivity index (χ0) is 14.0. The second-order valence-electron chi connectivity index (χ2n) is 2.57. The van der Waals surface area contributed by atoms with Crippen LogP contribution < -0.4 is 14.8 Å². The summed E-state index contributed by atoms with van der Waals surface area (Å²) in [5.41, 5.74) is 0. The lowest BCUT2D eigenvalue weighted by atomic mass is 10.8. The van der Waals surface area contributed by atoms with Crippen LogP contribution in [0.25, 0.3) is 0 Å². The second-order valence-corrected chi connectivity index (χ2v) is 2.57. The van der Waals surface area contributed by atoms with Gasteiger partial charge in [0, 0.05) is 7.05 Å². The van der Waals surface area contributed by atoms with Crippen molar-refractivity contribution in [2.24, 2.45) is 0 Å². The van der Waals surface area contributed by atoms with Crippen LogP contribution in [0.15, 0.2) is 0 Å². The Balaban J connectivity index is 3.02. The largest absolute Gasteiger partial charge is 0.575 e. The summed E-state index contributed by atoms with van der Waals surface area (Å²) in [6.45, 7) is 0. The van der Waals surface area contributed by atoms with Gasteiger partial charge in [-0.05, 0) is 0 Å². The maximum absolute atomic E-state index is 11.8. The minimum Gasteiger partial charge on any atom is -0.370 e. The summed E-state index contributed by atoms with van der Waals surface area (Å²) in [7, 11) is 1.17. The van der Waals surface area contributed by atoms with Gasteiger partial charge in [-0.3, -0.25) is 0 Å². The number of halogens is 6. The molecule has 6 nitrogen and oxygen atoms in total. The molecule has 0 unspecified atom stereocenters. The third-order valence-electron chi connectivity index (χ3n) is 1.23. The Morgan fingerprint density at radius 2 is 1.22 bits per heavy atom. The molecule has 0 saturated carbocycles. The zero-order valence-corrected chi connectivity index (χ0v) is 8.43. The van der Waals surface area contributed by atoms with E-state index in [-0.39, 0.29) is 0 Å². The first-order valence-electron chi connectivity index (χ1n) is 4.04. The van der Waals surface area contributed by atoms with Crippen molar-refractivity contribution in [2.75, 3.05) is 12.4 Å². The van der Waals surface area contributed by atoms with Crippen LogP contribution in [0.5, 0.6) is 12.0 Å². The Bertz CT molecular complexity index is 385. The Hall–Kier alpha value is -2.01. The van der Waals surface area contributed by atoms with Crippen LogP contribution in [0, 0.1) is 0 Å². The Labute approximate surface area is 95.0 Å². The molecule has 0 aliphatic carbocycles. The molecule has 0 fully saturated rings. The summed E-state index contributed by atoms with van der Waals surface area (Å²) < 4.78 is 77.5. The Morgan fingerprint density at radius 1 is 0.833 bits per heavy atom. The number of anilines is 1. The third-order valence-corrected chi connectivity index (χ3v) is 1.23. The standard InChI is InChI=1S/C6H4F6N4O2/c1-13-2-14-3(17-5(7,8)9)16-4(15-2)18-6(10,11)12/h1H3,(H,13,14,15,16). The first-order chi connectivity index (χ1) is 8.09. The van der Waals surface area contributed by atoms with Crippen molar-refractivity contribution in [3.63, 3.8) is 0 Å². The van der Waals surface area contributed by atoms with Gasteiger partial charge in [0.25, 0.3) is 0 Å². The molecule has 12 heteroatoms. The molecular weight excluding hydrogens is 274 g/mol. The fraction of sp³-hybridized carbons (Fsp3) is 0.500. The van der Waals surface area contributed by atoms with Crippen LogP contribution in [-0.2, 0) is 0 Å². The van der Waals surface area contributed by atoms with E-state index in [1.165, 1.54) is 7.05 Å². The number of alkyl halides is 6. The molecule has 0 aliphatic heterocycles. The van der Waals surface area contributed by atoms with Crippen molar-refractivity contribution in [1.82, 2.24) is 15.0 Å². The van der Waals surface area contributed by atoms with E-state index in [2.05, 4.69) is 29.7 Å². The lowest BCUT2D eigenvalue weighted by Gasteiger charge is -2.10. The molecule has 0 atom stereocenters. The summed E-state index contributed by atoms with van der Waals surface area (Å²) in [5, 5.41) is 2.12. The fourth-order valence-electron chi connectivity index (χ4n) is 0.748. The van der Waals surface area contributed by atoms with E-state index in [1.807, 2.05) is 0 Å². The van der Waals surface area contributed by atoms with Crippen LogP contribution in [0.4, 0.5) is 32.3 Å². The summed E-state index contributed by atoms with van der Waals surface area (Å²) in [6.07, 6.45) is -10.3. The normalized spacial score (nSPS) is 12.2. The smallest absolute Gasteiger partial charge is 0.370 e. The number of nitrogens with zero attached hydrogens (tertiary/aromatic N) is 3. The first kappa shape index (κ1) is 14.1. The summed E-state index contributed by atoms with van der Waals surface area (Å²) >= 11 is 0. The summed E-state index contributed by atoms with van der Waals surface area (Å²) in [6, 6.07) is -2.75. The first-order valence-corrected chi connectivity index (χ1v) is 4.04. The van der Waals surface area contributed by atoms with Crippen molar-refractivity contribution in [3.8, 4) is 12.0 Å². The van der Waals surface area contributed by atoms with Crippen molar-refractivity contribution in [2.45, 2.75) is 12.7 Å². The minimum atomic E-state index is -5.15. The molecule has 0 amide bonds. The summed E-state index contributed by atoms with van der Waals surface area (Å²) in [4.78, 5) is 8.79. The fourth-order valence-corrected chi connectivity index (χ4v) is 0.748. The van der Waals surface area contributed by atoms with Gasteiger partial charge in [0.05, 0.1) is 0 Å². The summed E-state index contributed by atoms with van der Waals surface area (Å²) in [5.74, 6) is -0.580. The van der Waals surface area contributed by atoms with E-state index in [0.717, 1.165) is 0 Å². The van der Waals surface area contributed by atoms with Gasteiger partial charge in [0.1, 0.15) is 0 Å². The van der Waals surface area contributed by atoms with Gasteiger partial charge < -0.3 is 14.8 Å². The number of hydrogen-bond acceptors (Lipinski definition) is 6. The molecule has 1 aromatic rings. The average molecular weight is 278 g/mol. The van der Waals surface area contributed by atoms with E-state index in [9.17, 15) is 26.3 Å². The molecule has 18 heavy (non-hydrogen) atoms. The predicted octanol–water partition coefficient (Wildman–Crippen LogP) is 1.71. The molecule has 0 bridgehead atoms. The molecule has 0 spiro atoms. The van der Waals surface area contributed by atoms with E-state index < -0.39 is 30.7 Å². The maximum Gasteiger partial charge on any atom is 0.575 e. The van der Waals surface area contributed by atoms with Crippen molar-refractivity contribution in [3.05, 3.63) is 0 Å². The highest BCUT2D eigenvalue weighted by molar-refractivity contribution is 5.26. The van der Waals surface area contributed by atoms with Gasteiger partial charge in [-0.1, -0.05) is 0 Å². The second kappa shape index (κ2) is 4.70. The predicted molar refractivity (Wildman–Crippen MR) is 42.7 cm³/mol. The Morgan fingerprint density at radius 3 is 1.50 bits per heavy atom. The van der Waals surface area contributed by atoms with E-state index in [1.54, 1.807) is 0 Å². The monoisotopic (exact) mass is 278 g/mol. The highest BCUT2D eigenvalue weighted by Gasteiger charge is 2.35. The SMILES string of the molecule is CNc1nc(OC(F)(F)F)nc(OC(F)(F)F)n1. The Kier molecular flexibility index (Phi) is 3.67. The van der Waals surface area contributed by atoms with Gasteiger partial charge in [0.15, 0.2) is 0 Å². The van der Waals surface area contributed by atoms with Gasteiger partial charge in [-0.15, -0.1) is 31.3 Å².